The molecule has 10 heavy (non-hydrogen) atoms. The number of hydrogen-bond donors (Lipinski definition) is 2. The van der Waals surface area contributed by atoms with Gasteiger partial charge in [-0.25, -0.2) is 8.78 Å². The summed E-state index contributed by atoms with van der Waals surface area (Å²) in [4.78, 5) is 10.0. The van der Waals surface area contributed by atoms with Crippen LogP contribution in [0.3, 0.4) is 0 Å². The van der Waals surface area contributed by atoms with Gasteiger partial charge in [0, 0.05) is 6.42 Å². The van der Waals surface area contributed by atoms with E-state index in [0.29, 0.717) is 6.92 Å². The van der Waals surface area contributed by atoms with Gasteiger partial charge in [-0.2, -0.15) is 0 Å². The molecule has 0 saturated heterocycles. The van der Waals surface area contributed by atoms with E-state index in [0.717, 1.165) is 0 Å². The van der Waals surface area contributed by atoms with Gasteiger partial charge in [0.15, 0.2) is 0 Å². The molecule has 1 unspecified atom stereocenters. The van der Waals surface area contributed by atoms with Crippen molar-refractivity contribution in [2.75, 3.05) is 0 Å². The first kappa shape index (κ1) is 9.29. The second-order valence-electron chi connectivity index (χ2n) is 2.19. The molecule has 0 aliphatic rings. The molecule has 0 saturated carbocycles. The van der Waals surface area contributed by atoms with Gasteiger partial charge in [0.1, 0.15) is 6.10 Å². The summed E-state index contributed by atoms with van der Waals surface area (Å²) >= 11 is 0. The first-order valence-corrected chi connectivity index (χ1v) is 2.68. The van der Waals surface area contributed by atoms with Crippen molar-refractivity contribution in [3.63, 3.8) is 0 Å². The number of primary amides is 1. The number of amides is 1. The Labute approximate surface area is 56.8 Å². The van der Waals surface area contributed by atoms with Gasteiger partial charge < -0.3 is 10.8 Å². The summed E-state index contributed by atoms with van der Waals surface area (Å²) in [6.45, 7) is 0.610. The molecule has 0 spiro atoms. The van der Waals surface area contributed by atoms with E-state index < -0.39 is 24.4 Å². The highest BCUT2D eigenvalue weighted by Crippen LogP contribution is 2.18. The normalized spacial score (nSPS) is 14.8. The van der Waals surface area contributed by atoms with Crippen LogP contribution < -0.4 is 5.73 Å². The second-order valence-corrected chi connectivity index (χ2v) is 2.19. The number of rotatable bonds is 3. The smallest absolute Gasteiger partial charge is 0.248 e. The minimum Gasteiger partial charge on any atom is -0.383 e. The molecule has 60 valence electrons. The van der Waals surface area contributed by atoms with Crippen molar-refractivity contribution in [1.82, 2.24) is 0 Å². The number of nitrogens with two attached hydrogens (primary N) is 1. The third-order valence-electron chi connectivity index (χ3n) is 0.880. The summed E-state index contributed by atoms with van der Waals surface area (Å²) < 4.78 is 23.9. The number of aliphatic hydroxyl groups excluding tert-OH is 1. The number of alkyl halides is 2. The summed E-state index contributed by atoms with van der Waals surface area (Å²) in [7, 11) is 0. The molecule has 0 aromatic rings. The number of carbonyl (C=O) groups excluding carboxylic acids is 1. The van der Waals surface area contributed by atoms with Gasteiger partial charge in [0.2, 0.25) is 11.8 Å². The molecule has 0 aromatic carbocycles. The van der Waals surface area contributed by atoms with Crippen molar-refractivity contribution in [3.8, 4) is 0 Å². The standard InChI is InChI=1S/C5H9F2NO2/c1-5(6,7)2-3(9)4(8)10/h3,9H,2H2,1H3,(H2,8,10). The Morgan fingerprint density at radius 3 is 2.30 bits per heavy atom. The molecule has 3 nitrogen and oxygen atoms in total. The largest absolute Gasteiger partial charge is 0.383 e. The first-order chi connectivity index (χ1) is 4.33. The van der Waals surface area contributed by atoms with Gasteiger partial charge in [-0.1, -0.05) is 0 Å². The fraction of sp³-hybridized carbons (Fsp3) is 0.800. The quantitative estimate of drug-likeness (QED) is 0.593. The van der Waals surface area contributed by atoms with Crippen LogP contribution in [0, 0.1) is 0 Å². The van der Waals surface area contributed by atoms with Gasteiger partial charge >= 0.3 is 0 Å². The van der Waals surface area contributed by atoms with E-state index in [-0.39, 0.29) is 0 Å². The van der Waals surface area contributed by atoms with Crippen molar-refractivity contribution >= 4 is 5.91 Å². The molecule has 0 bridgehead atoms. The molecule has 1 amide bonds. The van der Waals surface area contributed by atoms with Crippen molar-refractivity contribution in [3.05, 3.63) is 0 Å². The van der Waals surface area contributed by atoms with Crippen LogP contribution in [0.1, 0.15) is 13.3 Å². The molecule has 0 aliphatic carbocycles. The predicted molar refractivity (Wildman–Crippen MR) is 30.4 cm³/mol. The summed E-state index contributed by atoms with van der Waals surface area (Å²) in [5, 5.41) is 8.51. The Morgan fingerprint density at radius 1 is 1.80 bits per heavy atom. The van der Waals surface area contributed by atoms with Crippen LogP contribution in [0.15, 0.2) is 0 Å². The number of aliphatic hydroxyl groups is 1. The molecule has 0 aromatic heterocycles. The zero-order valence-corrected chi connectivity index (χ0v) is 5.47. The monoisotopic (exact) mass is 153 g/mol. The van der Waals surface area contributed by atoms with E-state index in [1.807, 2.05) is 0 Å². The molecular weight excluding hydrogens is 144 g/mol. The van der Waals surface area contributed by atoms with E-state index >= 15 is 0 Å². The molecule has 3 N–H and O–H groups in total. The maximum atomic E-state index is 12.0. The topological polar surface area (TPSA) is 63.3 Å². The average Bonchev–Trinajstić information content (AvgIpc) is 1.60. The van der Waals surface area contributed by atoms with Crippen molar-refractivity contribution in [2.45, 2.75) is 25.4 Å². The highest BCUT2D eigenvalue weighted by Gasteiger charge is 2.28. The highest BCUT2D eigenvalue weighted by molar-refractivity contribution is 5.78. The van der Waals surface area contributed by atoms with Gasteiger partial charge in [-0.15, -0.1) is 0 Å². The SMILES string of the molecule is CC(F)(F)CC(O)C(N)=O. The molecule has 0 radical (unpaired) electrons. The molecule has 0 rings (SSSR count). The van der Waals surface area contributed by atoms with Gasteiger partial charge in [0.05, 0.1) is 0 Å². The first-order valence-electron chi connectivity index (χ1n) is 2.68. The fourth-order valence-corrected chi connectivity index (χ4v) is 0.440. The third-order valence-corrected chi connectivity index (χ3v) is 0.880. The van der Waals surface area contributed by atoms with Crippen LogP contribution in [-0.4, -0.2) is 23.0 Å². The molecule has 5 heteroatoms. The van der Waals surface area contributed by atoms with Gasteiger partial charge in [-0.05, 0) is 6.92 Å². The zero-order chi connectivity index (χ0) is 8.36. The Balaban J connectivity index is 3.80. The lowest BCUT2D eigenvalue weighted by molar-refractivity contribution is -0.130. The van der Waals surface area contributed by atoms with E-state index in [1.54, 1.807) is 0 Å². The lowest BCUT2D eigenvalue weighted by Crippen LogP contribution is -2.33. The Hall–Kier alpha value is -0.710. The van der Waals surface area contributed by atoms with Crippen LogP contribution in [0.25, 0.3) is 0 Å². The molecule has 0 fully saturated rings. The highest BCUT2D eigenvalue weighted by atomic mass is 19.3. The van der Waals surface area contributed by atoms with Gasteiger partial charge in [-0.3, -0.25) is 4.79 Å². The lowest BCUT2D eigenvalue weighted by Gasteiger charge is -2.12. The Bertz CT molecular complexity index is 132. The summed E-state index contributed by atoms with van der Waals surface area (Å²) in [5.74, 6) is -4.17. The van der Waals surface area contributed by atoms with Crippen LogP contribution in [0.2, 0.25) is 0 Å². The molecule has 0 heterocycles. The number of hydrogen-bond acceptors (Lipinski definition) is 2. The van der Waals surface area contributed by atoms with Crippen LogP contribution in [-0.2, 0) is 4.79 Å². The van der Waals surface area contributed by atoms with Crippen molar-refractivity contribution < 1.29 is 18.7 Å². The van der Waals surface area contributed by atoms with E-state index in [4.69, 9.17) is 5.11 Å². The minimum absolute atomic E-state index is 0.610. The Kier molecular flexibility index (Phi) is 2.71. The number of carbonyl (C=O) groups is 1. The molecular formula is C5H9F2NO2. The van der Waals surface area contributed by atoms with Gasteiger partial charge in [0.25, 0.3) is 0 Å². The molecule has 0 aliphatic heterocycles. The summed E-state index contributed by atoms with van der Waals surface area (Å²) in [6, 6.07) is 0. The van der Waals surface area contributed by atoms with Crippen LogP contribution >= 0.6 is 0 Å². The van der Waals surface area contributed by atoms with Crippen LogP contribution in [0.5, 0.6) is 0 Å². The Morgan fingerprint density at radius 2 is 2.20 bits per heavy atom. The minimum atomic E-state index is -3.05. The fourth-order valence-electron chi connectivity index (χ4n) is 0.440. The lowest BCUT2D eigenvalue weighted by atomic mass is 10.1. The predicted octanol–water partition coefficient (Wildman–Crippen LogP) is -0.122. The third kappa shape index (κ3) is 4.20. The van der Waals surface area contributed by atoms with Crippen LogP contribution in [0.4, 0.5) is 8.78 Å². The maximum Gasteiger partial charge on any atom is 0.248 e. The maximum absolute atomic E-state index is 12.0. The zero-order valence-electron chi connectivity index (χ0n) is 5.47. The van der Waals surface area contributed by atoms with Crippen molar-refractivity contribution in [2.24, 2.45) is 5.73 Å². The van der Waals surface area contributed by atoms with E-state index in [9.17, 15) is 13.6 Å². The number of halogens is 2. The average molecular weight is 153 g/mol. The summed E-state index contributed by atoms with van der Waals surface area (Å²) in [5.41, 5.74) is 4.52. The van der Waals surface area contributed by atoms with E-state index in [2.05, 4.69) is 5.73 Å². The molecule has 1 atom stereocenters. The van der Waals surface area contributed by atoms with Crippen molar-refractivity contribution in [1.29, 1.82) is 0 Å². The second kappa shape index (κ2) is 2.92. The van der Waals surface area contributed by atoms with E-state index in [1.165, 1.54) is 0 Å². The summed E-state index contributed by atoms with van der Waals surface area (Å²) in [6.07, 6.45) is -2.66.